The van der Waals surface area contributed by atoms with Gasteiger partial charge in [0.2, 0.25) is 0 Å². The van der Waals surface area contributed by atoms with E-state index in [1.807, 2.05) is 38.2 Å². The first-order valence-electron chi connectivity index (χ1n) is 12.5. The molecule has 0 aliphatic heterocycles. The van der Waals surface area contributed by atoms with Gasteiger partial charge < -0.3 is 9.80 Å². The fourth-order valence-corrected chi connectivity index (χ4v) is 5.82. The lowest BCUT2D eigenvalue weighted by atomic mass is 9.94. The smallest absolute Gasteiger partial charge is 0.253 e. The molecule has 1 amide bonds. The largest absolute Gasteiger partial charge is 0.378 e. The van der Waals surface area contributed by atoms with Gasteiger partial charge in [0.1, 0.15) is 0 Å². The number of nitrogens with zero attached hydrogens (tertiary/aromatic N) is 2. The maximum absolute atomic E-state index is 13.1. The minimum Gasteiger partial charge on any atom is -0.378 e. The van der Waals surface area contributed by atoms with Crippen LogP contribution >= 0.6 is 11.8 Å². The van der Waals surface area contributed by atoms with E-state index in [9.17, 15) is 4.79 Å². The molecule has 0 heterocycles. The Morgan fingerprint density at radius 1 is 0.857 bits per heavy atom. The van der Waals surface area contributed by atoms with Crippen molar-refractivity contribution in [2.75, 3.05) is 26.0 Å². The number of anilines is 1. The number of aryl methyl sites for hydroxylation is 1. The van der Waals surface area contributed by atoms with Gasteiger partial charge in [-0.2, -0.15) is 0 Å². The van der Waals surface area contributed by atoms with Crippen LogP contribution in [0.5, 0.6) is 0 Å². The number of carbonyl (C=O) groups excluding carboxylic acids is 1. The van der Waals surface area contributed by atoms with E-state index in [2.05, 4.69) is 73.0 Å². The molecule has 182 valence electrons. The maximum Gasteiger partial charge on any atom is 0.253 e. The molecule has 0 N–H and O–H groups in total. The maximum atomic E-state index is 13.1. The normalized spacial score (nSPS) is 13.9. The average Bonchev–Trinajstić information content (AvgIpc) is 2.89. The molecular formula is C31H36N2OS. The van der Waals surface area contributed by atoms with Crippen LogP contribution < -0.4 is 4.90 Å². The van der Waals surface area contributed by atoms with Gasteiger partial charge in [-0.25, -0.2) is 0 Å². The highest BCUT2D eigenvalue weighted by molar-refractivity contribution is 7.99. The number of benzene rings is 3. The van der Waals surface area contributed by atoms with Crippen LogP contribution in [0.4, 0.5) is 5.69 Å². The lowest BCUT2D eigenvalue weighted by Crippen LogP contribution is -2.38. The van der Waals surface area contributed by atoms with E-state index in [1.165, 1.54) is 24.9 Å². The van der Waals surface area contributed by atoms with E-state index in [-0.39, 0.29) is 5.91 Å². The SMILES string of the molecule is C=C(c1ccc(N(C)C)cc1)c1ccccc1Sc1ccc(C(=O)N(C)C2CCCCC2)cc1C. The zero-order valence-electron chi connectivity index (χ0n) is 21.4. The fourth-order valence-electron chi connectivity index (χ4n) is 4.77. The molecular weight excluding hydrogens is 448 g/mol. The van der Waals surface area contributed by atoms with Crippen molar-refractivity contribution in [2.45, 2.75) is 54.9 Å². The third-order valence-electron chi connectivity index (χ3n) is 7.03. The minimum atomic E-state index is 0.131. The summed E-state index contributed by atoms with van der Waals surface area (Å²) >= 11 is 1.73. The van der Waals surface area contributed by atoms with Gasteiger partial charge in [0.15, 0.2) is 0 Å². The molecule has 1 aliphatic carbocycles. The second-order valence-corrected chi connectivity index (χ2v) is 10.8. The summed E-state index contributed by atoms with van der Waals surface area (Å²) < 4.78 is 0. The predicted octanol–water partition coefficient (Wildman–Crippen LogP) is 7.68. The van der Waals surface area contributed by atoms with Crippen LogP contribution in [-0.2, 0) is 0 Å². The number of hydrogen-bond acceptors (Lipinski definition) is 3. The summed E-state index contributed by atoms with van der Waals surface area (Å²) in [5.74, 6) is 0.131. The number of rotatable bonds is 7. The second kappa shape index (κ2) is 11.2. The van der Waals surface area contributed by atoms with Crippen LogP contribution in [0.15, 0.2) is 83.1 Å². The molecule has 3 aromatic rings. The van der Waals surface area contributed by atoms with Crippen LogP contribution in [0.25, 0.3) is 5.57 Å². The lowest BCUT2D eigenvalue weighted by Gasteiger charge is -2.31. The number of hydrogen-bond donors (Lipinski definition) is 0. The van der Waals surface area contributed by atoms with Gasteiger partial charge >= 0.3 is 0 Å². The quantitative estimate of drug-likeness (QED) is 0.344. The van der Waals surface area contributed by atoms with Crippen LogP contribution in [0.2, 0.25) is 0 Å². The van der Waals surface area contributed by atoms with Crippen molar-refractivity contribution in [1.82, 2.24) is 4.90 Å². The Morgan fingerprint density at radius 2 is 1.51 bits per heavy atom. The second-order valence-electron chi connectivity index (χ2n) is 9.71. The third kappa shape index (κ3) is 5.82. The molecule has 1 aliphatic rings. The molecule has 0 unspecified atom stereocenters. The molecule has 1 saturated carbocycles. The summed E-state index contributed by atoms with van der Waals surface area (Å²) in [6, 6.07) is 23.4. The fraction of sp³-hybridized carbons (Fsp3) is 0.323. The van der Waals surface area contributed by atoms with Crippen LogP contribution in [0.1, 0.15) is 59.2 Å². The van der Waals surface area contributed by atoms with Crippen molar-refractivity contribution in [2.24, 2.45) is 0 Å². The Bertz CT molecular complexity index is 1190. The van der Waals surface area contributed by atoms with Crippen molar-refractivity contribution in [1.29, 1.82) is 0 Å². The van der Waals surface area contributed by atoms with E-state index in [0.717, 1.165) is 50.5 Å². The highest BCUT2D eigenvalue weighted by Crippen LogP contribution is 2.37. The summed E-state index contributed by atoms with van der Waals surface area (Å²) in [5, 5.41) is 0. The van der Waals surface area contributed by atoms with Gasteiger partial charge in [-0.05, 0) is 78.4 Å². The monoisotopic (exact) mass is 484 g/mol. The molecule has 35 heavy (non-hydrogen) atoms. The Labute approximate surface area is 214 Å². The molecule has 0 aromatic heterocycles. The summed E-state index contributed by atoms with van der Waals surface area (Å²) in [5.41, 5.74) is 6.33. The van der Waals surface area contributed by atoms with Gasteiger partial charge in [0, 0.05) is 48.2 Å². The standard InChI is InChI=1S/C31H36N2OS/c1-22-21-25(31(34)33(5)27-11-7-6-8-12-27)17-20-29(22)35-30-14-10-9-13-28(30)23(2)24-15-18-26(19-16-24)32(3)4/h9-10,13-21,27H,2,6-8,11-12H2,1,3-5H3. The van der Waals surface area contributed by atoms with Gasteiger partial charge in [0.05, 0.1) is 0 Å². The number of carbonyl (C=O) groups is 1. The van der Waals surface area contributed by atoms with Gasteiger partial charge in [0.25, 0.3) is 5.91 Å². The first-order valence-corrected chi connectivity index (χ1v) is 13.3. The van der Waals surface area contributed by atoms with Crippen LogP contribution in [0, 0.1) is 6.92 Å². The molecule has 0 saturated heterocycles. The molecule has 0 spiro atoms. The van der Waals surface area contributed by atoms with Gasteiger partial charge in [-0.1, -0.05) is 67.9 Å². The molecule has 4 heteroatoms. The average molecular weight is 485 g/mol. The lowest BCUT2D eigenvalue weighted by molar-refractivity contribution is 0.0696. The van der Waals surface area contributed by atoms with E-state index in [4.69, 9.17) is 0 Å². The number of amides is 1. The molecule has 0 bridgehead atoms. The minimum absolute atomic E-state index is 0.131. The van der Waals surface area contributed by atoms with Gasteiger partial charge in [-0.3, -0.25) is 4.79 Å². The van der Waals surface area contributed by atoms with Crippen molar-refractivity contribution in [3.8, 4) is 0 Å². The molecule has 0 radical (unpaired) electrons. The Balaban J connectivity index is 1.53. The van der Waals surface area contributed by atoms with E-state index < -0.39 is 0 Å². The van der Waals surface area contributed by atoms with Crippen molar-refractivity contribution >= 4 is 28.9 Å². The van der Waals surface area contributed by atoms with Crippen LogP contribution in [-0.4, -0.2) is 38.0 Å². The first-order chi connectivity index (χ1) is 16.8. The first kappa shape index (κ1) is 25.1. The molecule has 1 fully saturated rings. The van der Waals surface area contributed by atoms with Crippen molar-refractivity contribution in [3.05, 3.63) is 95.6 Å². The third-order valence-corrected chi connectivity index (χ3v) is 8.28. The Kier molecular flexibility index (Phi) is 8.02. The predicted molar refractivity (Wildman–Crippen MR) is 150 cm³/mol. The zero-order valence-corrected chi connectivity index (χ0v) is 22.2. The molecule has 3 aromatic carbocycles. The summed E-state index contributed by atoms with van der Waals surface area (Å²) in [4.78, 5) is 19.5. The highest BCUT2D eigenvalue weighted by atomic mass is 32.2. The molecule has 0 atom stereocenters. The summed E-state index contributed by atoms with van der Waals surface area (Å²) in [7, 11) is 6.05. The zero-order chi connectivity index (χ0) is 24.9. The van der Waals surface area contributed by atoms with Crippen molar-refractivity contribution in [3.63, 3.8) is 0 Å². The Hall–Kier alpha value is -2.98. The molecule has 4 rings (SSSR count). The highest BCUT2D eigenvalue weighted by Gasteiger charge is 2.23. The summed E-state index contributed by atoms with van der Waals surface area (Å²) in [6.07, 6.45) is 5.98. The molecule has 3 nitrogen and oxygen atoms in total. The van der Waals surface area contributed by atoms with Gasteiger partial charge in [-0.15, -0.1) is 0 Å². The van der Waals surface area contributed by atoms with E-state index in [1.54, 1.807) is 11.8 Å². The van der Waals surface area contributed by atoms with Crippen LogP contribution in [0.3, 0.4) is 0 Å². The summed E-state index contributed by atoms with van der Waals surface area (Å²) in [6.45, 7) is 6.51. The Morgan fingerprint density at radius 3 is 2.17 bits per heavy atom. The van der Waals surface area contributed by atoms with E-state index >= 15 is 0 Å². The topological polar surface area (TPSA) is 23.6 Å². The van der Waals surface area contributed by atoms with E-state index in [0.29, 0.717) is 6.04 Å². The van der Waals surface area contributed by atoms with Crippen molar-refractivity contribution < 1.29 is 4.79 Å².